The fraction of sp³-hybridized carbons (Fsp3) is 0.222. The maximum absolute atomic E-state index is 8.02. The van der Waals surface area contributed by atoms with Crippen molar-refractivity contribution in [3.05, 3.63) is 38.9 Å². The smallest absolute Gasteiger partial charge is 0.121 e. The maximum atomic E-state index is 8.02. The lowest BCUT2D eigenvalue weighted by Crippen LogP contribution is -1.81. The lowest BCUT2D eigenvalue weighted by Gasteiger charge is -1.91. The predicted molar refractivity (Wildman–Crippen MR) is 57.4 cm³/mol. The average molecular weight is 251 g/mol. The number of halogens is 1. The Kier molecular flexibility index (Phi) is 4.56. The van der Waals surface area contributed by atoms with E-state index in [4.69, 9.17) is 5.53 Å². The molecule has 0 aliphatic rings. The minimum Gasteiger partial charge on any atom is -0.248 e. The molecular formula is C9H7BrN4. The molecule has 1 aromatic heterocycles. The highest BCUT2D eigenvalue weighted by Crippen LogP contribution is 2.10. The summed E-state index contributed by atoms with van der Waals surface area (Å²) in [5.74, 6) is 5.82. The quantitative estimate of drug-likeness (QED) is 0.199. The van der Waals surface area contributed by atoms with Crippen LogP contribution in [0.1, 0.15) is 12.0 Å². The molecule has 0 bridgehead atoms. The molecule has 0 aliphatic heterocycles. The first kappa shape index (κ1) is 10.6. The van der Waals surface area contributed by atoms with Gasteiger partial charge in [-0.1, -0.05) is 17.0 Å². The molecule has 0 saturated heterocycles. The van der Waals surface area contributed by atoms with Crippen LogP contribution in [0, 0.1) is 11.8 Å². The molecule has 1 heterocycles. The minimum absolute atomic E-state index is 0.404. The first-order valence-electron chi connectivity index (χ1n) is 3.95. The van der Waals surface area contributed by atoms with E-state index >= 15 is 0 Å². The van der Waals surface area contributed by atoms with Gasteiger partial charge in [0.2, 0.25) is 0 Å². The van der Waals surface area contributed by atoms with Crippen LogP contribution in [-0.4, -0.2) is 11.5 Å². The van der Waals surface area contributed by atoms with Crippen LogP contribution in [0.5, 0.6) is 0 Å². The Balaban J connectivity index is 2.59. The predicted octanol–water partition coefficient (Wildman–Crippen LogP) is 2.90. The molecule has 0 aliphatic carbocycles. The Morgan fingerprint density at radius 1 is 1.64 bits per heavy atom. The van der Waals surface area contributed by atoms with Gasteiger partial charge in [0.05, 0.1) is 5.56 Å². The molecule has 4 nitrogen and oxygen atoms in total. The number of aromatic nitrogens is 1. The molecule has 5 heteroatoms. The zero-order valence-corrected chi connectivity index (χ0v) is 8.90. The van der Waals surface area contributed by atoms with Crippen LogP contribution in [0.2, 0.25) is 0 Å². The molecule has 14 heavy (non-hydrogen) atoms. The number of pyridine rings is 1. The summed E-state index contributed by atoms with van der Waals surface area (Å²) in [5.41, 5.74) is 8.86. The van der Waals surface area contributed by atoms with Crippen LogP contribution in [0.15, 0.2) is 28.0 Å². The Bertz CT molecular complexity index is 412. The third-order valence-electron chi connectivity index (χ3n) is 1.38. The first-order valence-corrected chi connectivity index (χ1v) is 4.74. The SMILES string of the molecule is [N-]=[N+]=NCCC#Cc1cccnc1Br. The van der Waals surface area contributed by atoms with Crippen molar-refractivity contribution in [2.24, 2.45) is 5.11 Å². The molecule has 0 N–H and O–H groups in total. The topological polar surface area (TPSA) is 61.7 Å². The molecule has 0 fully saturated rings. The summed E-state index contributed by atoms with van der Waals surface area (Å²) in [6.45, 7) is 0.404. The normalized spacial score (nSPS) is 8.36. The van der Waals surface area contributed by atoms with E-state index in [9.17, 15) is 0 Å². The second kappa shape index (κ2) is 6.03. The Hall–Kier alpha value is -1.50. The zero-order chi connectivity index (χ0) is 10.2. The van der Waals surface area contributed by atoms with Crippen LogP contribution < -0.4 is 0 Å². The van der Waals surface area contributed by atoms with Crippen molar-refractivity contribution in [3.63, 3.8) is 0 Å². The average Bonchev–Trinajstić information content (AvgIpc) is 2.20. The Morgan fingerprint density at radius 3 is 3.21 bits per heavy atom. The van der Waals surface area contributed by atoms with Crippen molar-refractivity contribution in [2.45, 2.75) is 6.42 Å². The molecule has 1 aromatic rings. The maximum Gasteiger partial charge on any atom is 0.121 e. The Labute approximate surface area is 90.1 Å². The van der Waals surface area contributed by atoms with Crippen LogP contribution in [-0.2, 0) is 0 Å². The van der Waals surface area contributed by atoms with E-state index < -0.39 is 0 Å². The van der Waals surface area contributed by atoms with E-state index in [1.54, 1.807) is 6.20 Å². The second-order valence-electron chi connectivity index (χ2n) is 2.35. The van der Waals surface area contributed by atoms with Gasteiger partial charge in [-0.3, -0.25) is 0 Å². The minimum atomic E-state index is 0.404. The van der Waals surface area contributed by atoms with Gasteiger partial charge in [-0.15, -0.1) is 0 Å². The molecule has 0 aromatic carbocycles. The van der Waals surface area contributed by atoms with Gasteiger partial charge in [-0.25, -0.2) is 4.98 Å². The molecule has 0 amide bonds. The molecule has 0 unspecified atom stereocenters. The summed E-state index contributed by atoms with van der Waals surface area (Å²) in [6, 6.07) is 3.69. The van der Waals surface area contributed by atoms with Crippen molar-refractivity contribution in [3.8, 4) is 11.8 Å². The van der Waals surface area contributed by atoms with Crippen LogP contribution in [0.25, 0.3) is 10.4 Å². The van der Waals surface area contributed by atoms with Crippen LogP contribution >= 0.6 is 15.9 Å². The highest BCUT2D eigenvalue weighted by Gasteiger charge is 1.92. The third kappa shape index (κ3) is 3.48. The van der Waals surface area contributed by atoms with Gasteiger partial charge in [0.1, 0.15) is 4.60 Å². The van der Waals surface area contributed by atoms with Gasteiger partial charge in [0, 0.05) is 24.1 Å². The number of azide groups is 1. The lowest BCUT2D eigenvalue weighted by atomic mass is 10.3. The largest absolute Gasteiger partial charge is 0.248 e. The summed E-state index contributed by atoms with van der Waals surface area (Å²) in [5, 5.41) is 3.38. The number of rotatable bonds is 2. The molecular weight excluding hydrogens is 244 g/mol. The van der Waals surface area contributed by atoms with Crippen molar-refractivity contribution in [1.82, 2.24) is 4.98 Å². The standard InChI is InChI=1S/C9H7BrN4/c10-9-8(5-3-6-12-9)4-1-2-7-13-14-11/h3,5-6H,2,7H2. The fourth-order valence-electron chi connectivity index (χ4n) is 0.788. The molecule has 0 radical (unpaired) electrons. The highest BCUT2D eigenvalue weighted by atomic mass is 79.9. The summed E-state index contributed by atoms with van der Waals surface area (Å²) in [7, 11) is 0. The number of nitrogens with zero attached hydrogens (tertiary/aromatic N) is 4. The molecule has 1 rings (SSSR count). The van der Waals surface area contributed by atoms with Gasteiger partial charge in [0.25, 0.3) is 0 Å². The van der Waals surface area contributed by atoms with Gasteiger partial charge in [-0.2, -0.15) is 0 Å². The van der Waals surface area contributed by atoms with E-state index in [1.807, 2.05) is 12.1 Å². The number of hydrogen-bond acceptors (Lipinski definition) is 2. The van der Waals surface area contributed by atoms with Gasteiger partial charge in [0.15, 0.2) is 0 Å². The van der Waals surface area contributed by atoms with Gasteiger partial charge < -0.3 is 0 Å². The second-order valence-corrected chi connectivity index (χ2v) is 3.10. The van der Waals surface area contributed by atoms with Crippen molar-refractivity contribution in [1.29, 1.82) is 0 Å². The zero-order valence-electron chi connectivity index (χ0n) is 7.31. The molecule has 70 valence electrons. The van der Waals surface area contributed by atoms with E-state index in [-0.39, 0.29) is 0 Å². The third-order valence-corrected chi connectivity index (χ3v) is 2.01. The van der Waals surface area contributed by atoms with Gasteiger partial charge >= 0.3 is 0 Å². The van der Waals surface area contributed by atoms with Crippen LogP contribution in [0.3, 0.4) is 0 Å². The molecule has 0 spiro atoms. The molecule has 0 saturated carbocycles. The Morgan fingerprint density at radius 2 is 2.50 bits per heavy atom. The monoisotopic (exact) mass is 250 g/mol. The lowest BCUT2D eigenvalue weighted by molar-refractivity contribution is 1.01. The summed E-state index contributed by atoms with van der Waals surface area (Å²) < 4.78 is 0.733. The highest BCUT2D eigenvalue weighted by molar-refractivity contribution is 9.10. The summed E-state index contributed by atoms with van der Waals surface area (Å²) >= 11 is 3.28. The van der Waals surface area contributed by atoms with E-state index in [0.29, 0.717) is 13.0 Å². The van der Waals surface area contributed by atoms with Crippen LogP contribution in [0.4, 0.5) is 0 Å². The number of hydrogen-bond donors (Lipinski definition) is 0. The molecule has 0 atom stereocenters. The summed E-state index contributed by atoms with van der Waals surface area (Å²) in [6.07, 6.45) is 2.25. The van der Waals surface area contributed by atoms with E-state index in [0.717, 1.165) is 10.2 Å². The fourth-order valence-corrected chi connectivity index (χ4v) is 1.14. The van der Waals surface area contributed by atoms with Crippen molar-refractivity contribution < 1.29 is 0 Å². The van der Waals surface area contributed by atoms with Gasteiger partial charge in [-0.05, 0) is 33.6 Å². The first-order chi connectivity index (χ1) is 6.84. The summed E-state index contributed by atoms with van der Waals surface area (Å²) in [4.78, 5) is 6.66. The van der Waals surface area contributed by atoms with E-state index in [2.05, 4.69) is 42.8 Å². The van der Waals surface area contributed by atoms with E-state index in [1.165, 1.54) is 0 Å². The van der Waals surface area contributed by atoms with Crippen molar-refractivity contribution in [2.75, 3.05) is 6.54 Å². The van der Waals surface area contributed by atoms with Crippen molar-refractivity contribution >= 4 is 15.9 Å².